The molecule has 0 saturated carbocycles. The van der Waals surface area contributed by atoms with Gasteiger partial charge in [-0.15, -0.1) is 0 Å². The number of hydrogen-bond donors (Lipinski definition) is 0. The predicted molar refractivity (Wildman–Crippen MR) is 86.5 cm³/mol. The first-order valence-electron chi connectivity index (χ1n) is 7.83. The number of nitrogens with zero attached hydrogens (tertiary/aromatic N) is 2. The lowest BCUT2D eigenvalue weighted by Crippen LogP contribution is -2.07. The van der Waals surface area contributed by atoms with E-state index in [4.69, 9.17) is 9.47 Å². The summed E-state index contributed by atoms with van der Waals surface area (Å²) >= 11 is 0. The molecule has 0 unspecified atom stereocenters. The lowest BCUT2D eigenvalue weighted by Gasteiger charge is -2.06. The molecule has 6 heteroatoms. The molecular weight excluding hydrogens is 308 g/mol. The molecule has 0 spiro atoms. The first kappa shape index (κ1) is 17.6. The van der Waals surface area contributed by atoms with Crippen molar-refractivity contribution in [1.82, 2.24) is 9.97 Å². The highest BCUT2D eigenvalue weighted by atomic mass is 16.5. The topological polar surface area (TPSA) is 78.4 Å². The van der Waals surface area contributed by atoms with Crippen LogP contribution in [0.4, 0.5) is 0 Å². The van der Waals surface area contributed by atoms with Gasteiger partial charge in [0.25, 0.3) is 0 Å². The van der Waals surface area contributed by atoms with E-state index in [0.717, 1.165) is 11.1 Å². The SMILES string of the molecule is O=C(CCCCC(=O)OCc1ccncc1)OCc1ccncc1. The largest absolute Gasteiger partial charge is 0.461 e. The van der Waals surface area contributed by atoms with E-state index in [2.05, 4.69) is 9.97 Å². The van der Waals surface area contributed by atoms with Crippen molar-refractivity contribution in [2.45, 2.75) is 38.9 Å². The summed E-state index contributed by atoms with van der Waals surface area (Å²) in [6.45, 7) is 0.491. The van der Waals surface area contributed by atoms with Gasteiger partial charge in [0.2, 0.25) is 0 Å². The third-order valence-electron chi connectivity index (χ3n) is 3.31. The first-order valence-corrected chi connectivity index (χ1v) is 7.83. The molecule has 0 atom stereocenters. The second-order valence-electron chi connectivity index (χ2n) is 5.24. The Morgan fingerprint density at radius 3 is 1.46 bits per heavy atom. The van der Waals surface area contributed by atoms with Crippen LogP contribution in [0.2, 0.25) is 0 Å². The Morgan fingerprint density at radius 1 is 0.708 bits per heavy atom. The van der Waals surface area contributed by atoms with Crippen molar-refractivity contribution in [1.29, 1.82) is 0 Å². The normalized spacial score (nSPS) is 10.2. The molecule has 0 bridgehead atoms. The first-order chi connectivity index (χ1) is 11.7. The lowest BCUT2D eigenvalue weighted by atomic mass is 10.2. The lowest BCUT2D eigenvalue weighted by molar-refractivity contribution is -0.147. The van der Waals surface area contributed by atoms with Gasteiger partial charge in [0, 0.05) is 37.6 Å². The number of carbonyl (C=O) groups is 2. The zero-order chi connectivity index (χ0) is 17.0. The van der Waals surface area contributed by atoms with Gasteiger partial charge < -0.3 is 9.47 Å². The number of esters is 2. The molecule has 0 aromatic carbocycles. The van der Waals surface area contributed by atoms with E-state index < -0.39 is 0 Å². The average Bonchev–Trinajstić information content (AvgIpc) is 2.63. The van der Waals surface area contributed by atoms with Crippen LogP contribution in [-0.4, -0.2) is 21.9 Å². The summed E-state index contributed by atoms with van der Waals surface area (Å²) in [6.07, 6.45) is 8.40. The maximum Gasteiger partial charge on any atom is 0.306 e. The van der Waals surface area contributed by atoms with Crippen molar-refractivity contribution in [3.8, 4) is 0 Å². The van der Waals surface area contributed by atoms with Crippen LogP contribution < -0.4 is 0 Å². The highest BCUT2D eigenvalue weighted by Crippen LogP contribution is 2.07. The fourth-order valence-electron chi connectivity index (χ4n) is 1.97. The summed E-state index contributed by atoms with van der Waals surface area (Å²) in [7, 11) is 0. The van der Waals surface area contributed by atoms with E-state index in [1.54, 1.807) is 49.1 Å². The Morgan fingerprint density at radius 2 is 1.08 bits per heavy atom. The number of hydrogen-bond acceptors (Lipinski definition) is 6. The van der Waals surface area contributed by atoms with Gasteiger partial charge in [-0.1, -0.05) is 0 Å². The number of carbonyl (C=O) groups excluding carboxylic acids is 2. The van der Waals surface area contributed by atoms with Crippen LogP contribution in [0.15, 0.2) is 49.1 Å². The summed E-state index contributed by atoms with van der Waals surface area (Å²) in [5.41, 5.74) is 1.80. The van der Waals surface area contributed by atoms with E-state index in [0.29, 0.717) is 25.7 Å². The molecule has 0 aliphatic heterocycles. The van der Waals surface area contributed by atoms with E-state index in [-0.39, 0.29) is 25.2 Å². The Labute approximate surface area is 140 Å². The molecule has 2 heterocycles. The van der Waals surface area contributed by atoms with Crippen molar-refractivity contribution in [2.75, 3.05) is 0 Å². The van der Waals surface area contributed by atoms with Crippen LogP contribution in [0.1, 0.15) is 36.8 Å². The Hall–Kier alpha value is -2.76. The van der Waals surface area contributed by atoms with Gasteiger partial charge in [-0.2, -0.15) is 0 Å². The van der Waals surface area contributed by atoms with Crippen LogP contribution in [-0.2, 0) is 32.3 Å². The summed E-state index contributed by atoms with van der Waals surface area (Å²) in [4.78, 5) is 31.0. The van der Waals surface area contributed by atoms with Gasteiger partial charge in [-0.05, 0) is 48.2 Å². The number of aromatic nitrogens is 2. The molecule has 2 rings (SSSR count). The van der Waals surface area contributed by atoms with E-state index in [1.165, 1.54) is 0 Å². The van der Waals surface area contributed by atoms with Crippen LogP contribution in [0.25, 0.3) is 0 Å². The fourth-order valence-corrected chi connectivity index (χ4v) is 1.97. The third-order valence-corrected chi connectivity index (χ3v) is 3.31. The van der Waals surface area contributed by atoms with Crippen molar-refractivity contribution in [2.24, 2.45) is 0 Å². The van der Waals surface area contributed by atoms with E-state index in [9.17, 15) is 9.59 Å². The number of pyridine rings is 2. The van der Waals surface area contributed by atoms with E-state index >= 15 is 0 Å². The van der Waals surface area contributed by atoms with Crippen LogP contribution >= 0.6 is 0 Å². The van der Waals surface area contributed by atoms with Gasteiger partial charge in [-0.3, -0.25) is 19.6 Å². The fraction of sp³-hybridized carbons (Fsp3) is 0.333. The molecular formula is C18H20N2O4. The summed E-state index contributed by atoms with van der Waals surface area (Å²) < 4.78 is 10.3. The highest BCUT2D eigenvalue weighted by molar-refractivity contribution is 5.70. The maximum atomic E-state index is 11.6. The monoisotopic (exact) mass is 328 g/mol. The molecule has 0 aliphatic carbocycles. The van der Waals surface area contributed by atoms with Gasteiger partial charge in [0.1, 0.15) is 13.2 Å². The summed E-state index contributed by atoms with van der Waals surface area (Å²) in [5, 5.41) is 0. The van der Waals surface area contributed by atoms with Crippen molar-refractivity contribution in [3.63, 3.8) is 0 Å². The number of ether oxygens (including phenoxy) is 2. The molecule has 0 aliphatic rings. The molecule has 0 N–H and O–H groups in total. The Balaban J connectivity index is 1.52. The molecule has 0 fully saturated rings. The van der Waals surface area contributed by atoms with Crippen LogP contribution in [0, 0.1) is 0 Å². The van der Waals surface area contributed by atoms with Crippen molar-refractivity contribution >= 4 is 11.9 Å². The van der Waals surface area contributed by atoms with E-state index in [1.807, 2.05) is 0 Å². The molecule has 2 aromatic rings. The van der Waals surface area contributed by atoms with Crippen molar-refractivity contribution < 1.29 is 19.1 Å². The molecule has 0 radical (unpaired) electrons. The minimum atomic E-state index is -0.267. The van der Waals surface area contributed by atoms with Gasteiger partial charge >= 0.3 is 11.9 Å². The second kappa shape index (κ2) is 10.1. The zero-order valence-electron chi connectivity index (χ0n) is 13.4. The van der Waals surface area contributed by atoms with Gasteiger partial charge in [-0.25, -0.2) is 0 Å². The van der Waals surface area contributed by atoms with Gasteiger partial charge in [0.05, 0.1) is 0 Å². The van der Waals surface area contributed by atoms with Gasteiger partial charge in [0.15, 0.2) is 0 Å². The third kappa shape index (κ3) is 7.00. The molecule has 24 heavy (non-hydrogen) atoms. The highest BCUT2D eigenvalue weighted by Gasteiger charge is 2.07. The smallest absolute Gasteiger partial charge is 0.306 e. The quantitative estimate of drug-likeness (QED) is 0.520. The predicted octanol–water partition coefficient (Wildman–Crippen LogP) is 2.82. The molecule has 126 valence electrons. The average molecular weight is 328 g/mol. The summed E-state index contributed by atoms with van der Waals surface area (Å²) in [6, 6.07) is 7.19. The van der Waals surface area contributed by atoms with Crippen LogP contribution in [0.5, 0.6) is 0 Å². The minimum Gasteiger partial charge on any atom is -0.461 e. The summed E-state index contributed by atoms with van der Waals surface area (Å²) in [5.74, 6) is -0.533. The second-order valence-corrected chi connectivity index (χ2v) is 5.24. The molecule has 6 nitrogen and oxygen atoms in total. The molecule has 0 amide bonds. The minimum absolute atomic E-state index is 0.245. The maximum absolute atomic E-state index is 11.6. The van der Waals surface area contributed by atoms with Crippen LogP contribution in [0.3, 0.4) is 0 Å². The number of rotatable bonds is 9. The molecule has 0 saturated heterocycles. The molecule has 2 aromatic heterocycles. The Bertz CT molecular complexity index is 574. The zero-order valence-corrected chi connectivity index (χ0v) is 13.4. The van der Waals surface area contributed by atoms with Crippen molar-refractivity contribution in [3.05, 3.63) is 60.2 Å². The Kier molecular flexibility index (Phi) is 7.40. The number of unbranched alkanes of at least 4 members (excludes halogenated alkanes) is 1. The standard InChI is InChI=1S/C18H20N2O4/c21-17(23-13-15-5-9-19-10-6-15)3-1-2-4-18(22)24-14-16-7-11-20-12-8-16/h5-12H,1-4,13-14H2.